The third kappa shape index (κ3) is 12.4. The van der Waals surface area contributed by atoms with Crippen molar-refractivity contribution in [2.45, 2.75) is 129 Å². The third-order valence-corrected chi connectivity index (χ3v) is 6.33. The van der Waals surface area contributed by atoms with Crippen molar-refractivity contribution in [3.05, 3.63) is 35.4 Å². The molecule has 0 bridgehead atoms. The number of carbonyl (C=O) groups is 1. The average molecular weight is 433 g/mol. The highest BCUT2D eigenvalue weighted by Crippen LogP contribution is 2.24. The van der Waals surface area contributed by atoms with Crippen LogP contribution in [0.5, 0.6) is 0 Å². The number of hydrogen-bond acceptors (Lipinski definition) is 3. The monoisotopic (exact) mass is 432 g/mol. The maximum Gasteiger partial charge on any atom is 0.164 e. The van der Waals surface area contributed by atoms with Gasteiger partial charge in [0, 0.05) is 19.4 Å². The molecule has 0 saturated heterocycles. The standard InChI is InChI=1S/C28H48O3/c1-3-5-6-7-8-9-10-11-12-13-14-17-27(30)28(31,22-4-2)24-26-20-18-25(19-21-26)16-15-23-29/h18-21,29,31H,3-17,22-24H2,1-2H3. The van der Waals surface area contributed by atoms with Crippen LogP contribution in [-0.4, -0.2) is 28.2 Å². The molecule has 0 saturated carbocycles. The number of unbranched alkanes of at least 4 members (excludes halogenated alkanes) is 10. The number of aryl methyl sites for hydroxylation is 1. The number of aliphatic hydroxyl groups excluding tert-OH is 1. The van der Waals surface area contributed by atoms with Gasteiger partial charge in [0.15, 0.2) is 5.78 Å². The molecule has 1 unspecified atom stereocenters. The fourth-order valence-corrected chi connectivity index (χ4v) is 4.37. The van der Waals surface area contributed by atoms with Crippen LogP contribution < -0.4 is 0 Å². The van der Waals surface area contributed by atoms with Crippen LogP contribution in [0.4, 0.5) is 0 Å². The van der Waals surface area contributed by atoms with E-state index in [4.69, 9.17) is 5.11 Å². The van der Waals surface area contributed by atoms with E-state index in [9.17, 15) is 9.90 Å². The van der Waals surface area contributed by atoms with Crippen molar-refractivity contribution in [2.24, 2.45) is 0 Å². The number of carbonyl (C=O) groups excluding carboxylic acids is 1. The Hall–Kier alpha value is -1.19. The molecular formula is C28H48O3. The second-order valence-corrected chi connectivity index (χ2v) is 9.31. The topological polar surface area (TPSA) is 57.5 Å². The lowest BCUT2D eigenvalue weighted by molar-refractivity contribution is -0.138. The highest BCUT2D eigenvalue weighted by Gasteiger charge is 2.34. The molecule has 0 spiro atoms. The van der Waals surface area contributed by atoms with E-state index in [1.807, 2.05) is 31.2 Å². The smallest absolute Gasteiger partial charge is 0.164 e. The van der Waals surface area contributed by atoms with Crippen molar-refractivity contribution >= 4 is 5.78 Å². The van der Waals surface area contributed by atoms with Crippen LogP contribution in [0, 0.1) is 0 Å². The maximum absolute atomic E-state index is 12.9. The van der Waals surface area contributed by atoms with Gasteiger partial charge in [-0.15, -0.1) is 0 Å². The molecule has 0 aromatic heterocycles. The zero-order chi connectivity index (χ0) is 22.8. The minimum absolute atomic E-state index is 0.00892. The molecule has 0 aliphatic carbocycles. The van der Waals surface area contributed by atoms with Crippen LogP contribution in [0.25, 0.3) is 0 Å². The number of hydrogen-bond donors (Lipinski definition) is 2. The molecule has 0 amide bonds. The zero-order valence-electron chi connectivity index (χ0n) is 20.3. The first-order chi connectivity index (χ1) is 15.1. The zero-order valence-corrected chi connectivity index (χ0v) is 20.3. The molecule has 178 valence electrons. The van der Waals surface area contributed by atoms with Gasteiger partial charge < -0.3 is 10.2 Å². The Labute approximate surface area is 191 Å². The SMILES string of the molecule is CCCCCCCCCCCCCC(=O)C(O)(CCC)Cc1ccc(CCCO)cc1. The number of benzene rings is 1. The lowest BCUT2D eigenvalue weighted by Gasteiger charge is -2.27. The first-order valence-electron chi connectivity index (χ1n) is 13.0. The van der Waals surface area contributed by atoms with Gasteiger partial charge >= 0.3 is 0 Å². The third-order valence-electron chi connectivity index (χ3n) is 6.33. The molecule has 1 rings (SSSR count). The lowest BCUT2D eigenvalue weighted by Crippen LogP contribution is -2.40. The van der Waals surface area contributed by atoms with E-state index < -0.39 is 5.60 Å². The molecule has 0 aliphatic rings. The molecule has 1 aromatic carbocycles. The van der Waals surface area contributed by atoms with Gasteiger partial charge in [-0.1, -0.05) is 109 Å². The number of rotatable bonds is 20. The summed E-state index contributed by atoms with van der Waals surface area (Å²) >= 11 is 0. The molecular weight excluding hydrogens is 384 g/mol. The van der Waals surface area contributed by atoms with Gasteiger partial charge in [0.2, 0.25) is 0 Å². The van der Waals surface area contributed by atoms with Crippen LogP contribution >= 0.6 is 0 Å². The summed E-state index contributed by atoms with van der Waals surface area (Å²) in [6.07, 6.45) is 17.7. The Balaban J connectivity index is 2.31. The quantitative estimate of drug-likeness (QED) is 0.219. The van der Waals surface area contributed by atoms with Gasteiger partial charge in [0.05, 0.1) is 0 Å². The molecule has 3 heteroatoms. The Morgan fingerprint density at radius 2 is 1.26 bits per heavy atom. The van der Waals surface area contributed by atoms with Crippen LogP contribution in [-0.2, 0) is 17.6 Å². The number of Topliss-reactive ketones (excluding diaryl/α,β-unsaturated/α-hetero) is 1. The van der Waals surface area contributed by atoms with Crippen LogP contribution in [0.3, 0.4) is 0 Å². The average Bonchev–Trinajstić information content (AvgIpc) is 2.77. The Morgan fingerprint density at radius 1 is 0.742 bits per heavy atom. The van der Waals surface area contributed by atoms with Gasteiger partial charge in [-0.2, -0.15) is 0 Å². The Kier molecular flexibility index (Phi) is 15.6. The minimum atomic E-state index is -1.24. The van der Waals surface area contributed by atoms with E-state index in [-0.39, 0.29) is 12.4 Å². The second-order valence-electron chi connectivity index (χ2n) is 9.31. The molecule has 3 nitrogen and oxygen atoms in total. The second kappa shape index (κ2) is 17.4. The van der Waals surface area contributed by atoms with E-state index in [2.05, 4.69) is 6.92 Å². The first kappa shape index (κ1) is 27.8. The largest absolute Gasteiger partial charge is 0.396 e. The summed E-state index contributed by atoms with van der Waals surface area (Å²) in [6, 6.07) is 8.13. The number of ketones is 1. The van der Waals surface area contributed by atoms with Gasteiger partial charge in [-0.3, -0.25) is 4.79 Å². The summed E-state index contributed by atoms with van der Waals surface area (Å²) in [7, 11) is 0. The molecule has 0 radical (unpaired) electrons. The summed E-state index contributed by atoms with van der Waals surface area (Å²) < 4.78 is 0. The summed E-state index contributed by atoms with van der Waals surface area (Å²) in [5.41, 5.74) is 0.958. The van der Waals surface area contributed by atoms with E-state index in [1.54, 1.807) is 0 Å². The molecule has 31 heavy (non-hydrogen) atoms. The predicted octanol–water partition coefficient (Wildman–Crippen LogP) is 6.96. The van der Waals surface area contributed by atoms with Crippen molar-refractivity contribution in [1.82, 2.24) is 0 Å². The predicted molar refractivity (Wildman–Crippen MR) is 131 cm³/mol. The highest BCUT2D eigenvalue weighted by molar-refractivity contribution is 5.87. The molecule has 0 heterocycles. The number of aliphatic hydroxyl groups is 2. The summed E-state index contributed by atoms with van der Waals surface area (Å²) in [6.45, 7) is 4.48. The first-order valence-corrected chi connectivity index (χ1v) is 13.0. The lowest BCUT2D eigenvalue weighted by atomic mass is 9.84. The van der Waals surface area contributed by atoms with E-state index in [1.165, 1.54) is 63.4 Å². The van der Waals surface area contributed by atoms with Crippen LogP contribution in [0.15, 0.2) is 24.3 Å². The normalized spacial score (nSPS) is 13.3. The van der Waals surface area contributed by atoms with E-state index in [0.29, 0.717) is 19.3 Å². The Morgan fingerprint density at radius 3 is 1.77 bits per heavy atom. The van der Waals surface area contributed by atoms with Crippen molar-refractivity contribution in [3.8, 4) is 0 Å². The fourth-order valence-electron chi connectivity index (χ4n) is 4.37. The Bertz CT molecular complexity index is 566. The molecule has 1 atom stereocenters. The molecule has 0 aliphatic heterocycles. The van der Waals surface area contributed by atoms with E-state index in [0.717, 1.165) is 37.7 Å². The highest BCUT2D eigenvalue weighted by atomic mass is 16.3. The van der Waals surface area contributed by atoms with Crippen LogP contribution in [0.2, 0.25) is 0 Å². The summed E-state index contributed by atoms with van der Waals surface area (Å²) in [5, 5.41) is 20.1. The molecule has 1 aromatic rings. The van der Waals surface area contributed by atoms with Gasteiger partial charge in [-0.05, 0) is 36.8 Å². The van der Waals surface area contributed by atoms with Gasteiger partial charge in [-0.25, -0.2) is 0 Å². The van der Waals surface area contributed by atoms with E-state index >= 15 is 0 Å². The van der Waals surface area contributed by atoms with Crippen molar-refractivity contribution in [3.63, 3.8) is 0 Å². The summed E-state index contributed by atoms with van der Waals surface area (Å²) in [5.74, 6) is 0.00892. The molecule has 2 N–H and O–H groups in total. The van der Waals surface area contributed by atoms with Gasteiger partial charge in [0.1, 0.15) is 5.60 Å². The van der Waals surface area contributed by atoms with Crippen molar-refractivity contribution in [2.75, 3.05) is 6.61 Å². The minimum Gasteiger partial charge on any atom is -0.396 e. The van der Waals surface area contributed by atoms with Crippen molar-refractivity contribution < 1.29 is 15.0 Å². The van der Waals surface area contributed by atoms with Crippen LogP contribution in [0.1, 0.15) is 121 Å². The maximum atomic E-state index is 12.9. The summed E-state index contributed by atoms with van der Waals surface area (Å²) in [4.78, 5) is 12.9. The van der Waals surface area contributed by atoms with Crippen molar-refractivity contribution in [1.29, 1.82) is 0 Å². The fraction of sp³-hybridized carbons (Fsp3) is 0.750. The van der Waals surface area contributed by atoms with Gasteiger partial charge in [0.25, 0.3) is 0 Å². The molecule has 0 fully saturated rings.